The van der Waals surface area contributed by atoms with E-state index in [9.17, 15) is 13.8 Å². The molecule has 0 unspecified atom stereocenters. The van der Waals surface area contributed by atoms with Crippen molar-refractivity contribution in [3.63, 3.8) is 0 Å². The van der Waals surface area contributed by atoms with Crippen molar-refractivity contribution in [2.75, 3.05) is 43.5 Å². The molecule has 0 bridgehead atoms. The minimum atomic E-state index is -2.67. The molecule has 0 spiro atoms. The van der Waals surface area contributed by atoms with Crippen LogP contribution in [-0.4, -0.2) is 38.6 Å². The Morgan fingerprint density at radius 3 is 2.32 bits per heavy atom. The van der Waals surface area contributed by atoms with Crippen LogP contribution in [0.3, 0.4) is 0 Å². The van der Waals surface area contributed by atoms with Crippen molar-refractivity contribution in [2.24, 2.45) is 0 Å². The van der Waals surface area contributed by atoms with Gasteiger partial charge in [-0.25, -0.2) is 14.2 Å². The summed E-state index contributed by atoms with van der Waals surface area (Å²) >= 11 is 0. The number of aromatic nitrogens is 1. The summed E-state index contributed by atoms with van der Waals surface area (Å²) in [5.74, 6) is 1.82. The van der Waals surface area contributed by atoms with E-state index in [1.54, 1.807) is 55.9 Å². The van der Waals surface area contributed by atoms with Gasteiger partial charge in [-0.05, 0) is 62.2 Å². The summed E-state index contributed by atoms with van der Waals surface area (Å²) in [5, 5.41) is 10.9. The number of ether oxygens (including phenoxy) is 3. The van der Waals surface area contributed by atoms with Gasteiger partial charge in [0, 0.05) is 40.9 Å². The molecule has 2 amide bonds. The first-order valence-corrected chi connectivity index (χ1v) is 16.2. The van der Waals surface area contributed by atoms with Crippen LogP contribution in [0.1, 0.15) is 5.56 Å². The summed E-state index contributed by atoms with van der Waals surface area (Å²) in [4.78, 5) is 17.5. The molecule has 4 aromatic carbocycles. The van der Waals surface area contributed by atoms with Gasteiger partial charge >= 0.3 is 6.03 Å². The van der Waals surface area contributed by atoms with Gasteiger partial charge in [-0.1, -0.05) is 24.3 Å². The van der Waals surface area contributed by atoms with Gasteiger partial charge in [0.05, 0.1) is 30.9 Å². The van der Waals surface area contributed by atoms with Crippen LogP contribution in [0.5, 0.6) is 23.0 Å². The molecule has 9 nitrogen and oxygen atoms in total. The molecule has 0 atom stereocenters. The van der Waals surface area contributed by atoms with Crippen molar-refractivity contribution in [1.82, 2.24) is 4.98 Å². The predicted octanol–water partition coefficient (Wildman–Crippen LogP) is 8.13. The number of amides is 2. The first-order valence-electron chi connectivity index (χ1n) is 13.6. The second kappa shape index (κ2) is 12.7. The molecule has 0 aliphatic heterocycles. The number of anilines is 4. The van der Waals surface area contributed by atoms with Crippen molar-refractivity contribution < 1.29 is 28.0 Å². The number of hydrogen-bond acceptors (Lipinski definition) is 7. The van der Waals surface area contributed by atoms with Crippen LogP contribution in [0.4, 0.5) is 32.1 Å². The Labute approximate surface area is 254 Å². The third-order valence-corrected chi connectivity index (χ3v) is 8.21. The highest BCUT2D eigenvalue weighted by atomic mass is 31.2. The van der Waals surface area contributed by atoms with Gasteiger partial charge < -0.3 is 34.7 Å². The highest BCUT2D eigenvalue weighted by molar-refractivity contribution is 7.70. The molecule has 3 N–H and O–H groups in total. The SMILES string of the molecule is COc1cc(F)cc(Nc2cc(Oc3ccc(NC(=O)Nc4cc(C)cc(P(C)(C)=O)c4OC)c4ccccc34)ccn2)c1. The van der Waals surface area contributed by atoms with E-state index in [4.69, 9.17) is 14.2 Å². The number of hydrogen-bond donors (Lipinski definition) is 3. The minimum Gasteiger partial charge on any atom is -0.497 e. The van der Waals surface area contributed by atoms with Crippen molar-refractivity contribution in [2.45, 2.75) is 6.92 Å². The molecule has 0 saturated heterocycles. The molecular formula is C33H32FN4O5P. The number of urea groups is 1. The van der Waals surface area contributed by atoms with Gasteiger partial charge in [0.15, 0.2) is 5.75 Å². The predicted molar refractivity (Wildman–Crippen MR) is 174 cm³/mol. The zero-order valence-electron chi connectivity index (χ0n) is 24.9. The van der Waals surface area contributed by atoms with Crippen molar-refractivity contribution in [3.8, 4) is 23.0 Å². The monoisotopic (exact) mass is 614 g/mol. The Morgan fingerprint density at radius 2 is 1.59 bits per heavy atom. The van der Waals surface area contributed by atoms with Crippen LogP contribution in [0.25, 0.3) is 10.8 Å². The number of fused-ring (bicyclic) bond motifs is 1. The van der Waals surface area contributed by atoms with E-state index in [1.807, 2.05) is 37.3 Å². The second-order valence-electron chi connectivity index (χ2n) is 10.4. The molecular weight excluding hydrogens is 582 g/mol. The maximum atomic E-state index is 14.0. The average Bonchev–Trinajstić information content (AvgIpc) is 2.97. The zero-order chi connectivity index (χ0) is 31.4. The number of halogens is 1. The van der Waals surface area contributed by atoms with E-state index in [-0.39, 0.29) is 0 Å². The van der Waals surface area contributed by atoms with E-state index in [2.05, 4.69) is 20.9 Å². The Bertz CT molecular complexity index is 1910. The fourth-order valence-corrected chi connectivity index (χ4v) is 5.99. The van der Waals surface area contributed by atoms with Crippen LogP contribution in [-0.2, 0) is 4.57 Å². The van der Waals surface area contributed by atoms with E-state index in [0.29, 0.717) is 51.2 Å². The number of methoxy groups -OCH3 is 2. The first kappa shape index (κ1) is 30.4. The lowest BCUT2D eigenvalue weighted by Gasteiger charge is -2.19. The molecule has 0 aliphatic rings. The molecule has 226 valence electrons. The molecule has 11 heteroatoms. The lowest BCUT2D eigenvalue weighted by atomic mass is 10.1. The van der Waals surface area contributed by atoms with Crippen molar-refractivity contribution in [3.05, 3.63) is 96.4 Å². The molecule has 5 rings (SSSR count). The lowest BCUT2D eigenvalue weighted by molar-refractivity contribution is 0.262. The van der Waals surface area contributed by atoms with Gasteiger partial charge in [0.2, 0.25) is 0 Å². The Balaban J connectivity index is 1.38. The van der Waals surface area contributed by atoms with Crippen molar-refractivity contribution in [1.29, 1.82) is 0 Å². The molecule has 0 saturated carbocycles. The maximum Gasteiger partial charge on any atom is 0.323 e. The molecule has 5 aromatic rings. The Hall–Kier alpha value is -5.08. The van der Waals surface area contributed by atoms with Crippen LogP contribution in [0.2, 0.25) is 0 Å². The summed E-state index contributed by atoms with van der Waals surface area (Å²) in [6.07, 6.45) is 1.58. The van der Waals surface area contributed by atoms with Crippen LogP contribution in [0.15, 0.2) is 85.1 Å². The quantitative estimate of drug-likeness (QED) is 0.144. The van der Waals surface area contributed by atoms with Gasteiger partial charge in [-0.15, -0.1) is 0 Å². The number of nitrogens with zero attached hydrogens (tertiary/aromatic N) is 1. The van der Waals surface area contributed by atoms with Crippen LogP contribution in [0, 0.1) is 12.7 Å². The summed E-state index contributed by atoms with van der Waals surface area (Å²) in [7, 11) is 0.287. The number of pyridine rings is 1. The summed E-state index contributed by atoms with van der Waals surface area (Å²) in [6, 6.07) is 21.8. The normalized spacial score (nSPS) is 11.1. The lowest BCUT2D eigenvalue weighted by Crippen LogP contribution is -2.22. The number of aryl methyl sites for hydroxylation is 1. The van der Waals surface area contributed by atoms with Gasteiger partial charge in [0.1, 0.15) is 36.0 Å². The van der Waals surface area contributed by atoms with Crippen molar-refractivity contribution >= 4 is 52.1 Å². The standard InChI is InChI=1S/C33H32FN4O5P/c1-20-14-28(32(42-3)30(15-20)44(4,5)40)38-33(39)37-27-10-11-29(26-9-7-6-8-25(26)27)43-23-12-13-35-31(19-23)36-22-16-21(34)17-24(18-22)41-2/h6-19H,1-5H3,(H,35,36)(H2,37,38,39). The fourth-order valence-electron chi connectivity index (χ4n) is 4.78. The van der Waals surface area contributed by atoms with E-state index >= 15 is 0 Å². The maximum absolute atomic E-state index is 14.0. The first-order chi connectivity index (χ1) is 21.0. The number of carbonyl (C=O) groups is 1. The van der Waals surface area contributed by atoms with E-state index < -0.39 is 19.0 Å². The van der Waals surface area contributed by atoms with Gasteiger partial charge in [-0.3, -0.25) is 0 Å². The summed E-state index contributed by atoms with van der Waals surface area (Å²) in [6.45, 7) is 5.19. The molecule has 1 heterocycles. The minimum absolute atomic E-state index is 0.371. The van der Waals surface area contributed by atoms with Gasteiger partial charge in [0.25, 0.3) is 0 Å². The average molecular weight is 615 g/mol. The third-order valence-electron chi connectivity index (χ3n) is 6.72. The van der Waals surface area contributed by atoms with Gasteiger partial charge in [-0.2, -0.15) is 0 Å². The molecule has 1 aromatic heterocycles. The van der Waals surface area contributed by atoms with Crippen LogP contribution >= 0.6 is 7.14 Å². The largest absolute Gasteiger partial charge is 0.497 e. The number of benzene rings is 4. The summed E-state index contributed by atoms with van der Waals surface area (Å²) in [5.41, 5.74) is 2.30. The number of carbonyl (C=O) groups excluding carboxylic acids is 1. The highest BCUT2D eigenvalue weighted by Gasteiger charge is 2.22. The second-order valence-corrected chi connectivity index (χ2v) is 13.6. The topological polar surface area (TPSA) is 111 Å². The molecule has 0 aliphatic carbocycles. The van der Waals surface area contributed by atoms with E-state index in [1.165, 1.54) is 26.4 Å². The molecule has 0 radical (unpaired) electrons. The Morgan fingerprint density at radius 1 is 0.841 bits per heavy atom. The zero-order valence-corrected chi connectivity index (χ0v) is 25.8. The number of nitrogens with one attached hydrogen (secondary N) is 3. The highest BCUT2D eigenvalue weighted by Crippen LogP contribution is 2.42. The summed E-state index contributed by atoms with van der Waals surface area (Å²) < 4.78 is 43.7. The third kappa shape index (κ3) is 6.93. The molecule has 44 heavy (non-hydrogen) atoms. The smallest absolute Gasteiger partial charge is 0.323 e. The van der Waals surface area contributed by atoms with Crippen LogP contribution < -0.4 is 35.5 Å². The fraction of sp³-hybridized carbons (Fsp3) is 0.152. The number of rotatable bonds is 9. The van der Waals surface area contributed by atoms with E-state index in [0.717, 1.165) is 16.3 Å². The molecule has 0 fully saturated rings. The Kier molecular flexibility index (Phi) is 8.73.